The van der Waals surface area contributed by atoms with E-state index in [0.29, 0.717) is 6.42 Å². The Morgan fingerprint density at radius 2 is 1.55 bits per heavy atom. The van der Waals surface area contributed by atoms with Crippen molar-refractivity contribution < 1.29 is 9.90 Å². The summed E-state index contributed by atoms with van der Waals surface area (Å²) in [7, 11) is 0. The Labute approximate surface area is 118 Å². The molecule has 0 aliphatic heterocycles. The zero-order valence-corrected chi connectivity index (χ0v) is 11.1. The second-order valence-corrected chi connectivity index (χ2v) is 4.53. The Morgan fingerprint density at radius 1 is 0.950 bits per heavy atom. The van der Waals surface area contributed by atoms with Crippen molar-refractivity contribution in [2.75, 3.05) is 0 Å². The van der Waals surface area contributed by atoms with Gasteiger partial charge in [-0.15, -0.1) is 0 Å². The van der Waals surface area contributed by atoms with Crippen molar-refractivity contribution in [3.05, 3.63) is 66.4 Å². The second kappa shape index (κ2) is 6.57. The summed E-state index contributed by atoms with van der Waals surface area (Å²) in [6.45, 7) is 0. The summed E-state index contributed by atoms with van der Waals surface area (Å²) < 4.78 is 0. The third-order valence-electron chi connectivity index (χ3n) is 3.17. The van der Waals surface area contributed by atoms with Gasteiger partial charge in [0, 0.05) is 6.42 Å². The largest absolute Gasteiger partial charge is 0.481 e. The first kappa shape index (κ1) is 13.9. The molecule has 0 fully saturated rings. The fourth-order valence-corrected chi connectivity index (χ4v) is 2.07. The van der Waals surface area contributed by atoms with Crippen molar-refractivity contribution in [2.24, 2.45) is 5.73 Å². The van der Waals surface area contributed by atoms with E-state index in [2.05, 4.69) is 12.1 Å². The summed E-state index contributed by atoms with van der Waals surface area (Å²) in [6.07, 6.45) is 2.01. The Bertz CT molecular complexity index is 601. The Morgan fingerprint density at radius 3 is 2.10 bits per heavy atom. The van der Waals surface area contributed by atoms with Crippen LogP contribution in [0, 0.1) is 0 Å². The van der Waals surface area contributed by atoms with Crippen LogP contribution in [-0.2, 0) is 4.79 Å². The first-order valence-corrected chi connectivity index (χ1v) is 6.49. The van der Waals surface area contributed by atoms with Gasteiger partial charge in [0.15, 0.2) is 0 Å². The van der Waals surface area contributed by atoms with Crippen LogP contribution in [0.25, 0.3) is 16.7 Å². The number of rotatable bonds is 5. The average Bonchev–Trinajstić information content (AvgIpc) is 2.49. The second-order valence-electron chi connectivity index (χ2n) is 4.53. The molecular weight excluding hydrogens is 250 g/mol. The van der Waals surface area contributed by atoms with Gasteiger partial charge in [-0.05, 0) is 34.9 Å². The maximum absolute atomic E-state index is 10.6. The highest BCUT2D eigenvalue weighted by molar-refractivity contribution is 5.74. The van der Waals surface area contributed by atoms with E-state index in [-0.39, 0.29) is 6.42 Å². The lowest BCUT2D eigenvalue weighted by molar-refractivity contribution is -0.136. The highest BCUT2D eigenvalue weighted by atomic mass is 16.4. The summed E-state index contributed by atoms with van der Waals surface area (Å²) in [5, 5.41) is 8.73. The maximum Gasteiger partial charge on any atom is 0.303 e. The number of carboxylic acid groups (broad SMARTS) is 1. The minimum atomic E-state index is -0.815. The van der Waals surface area contributed by atoms with E-state index >= 15 is 0 Å². The summed E-state index contributed by atoms with van der Waals surface area (Å²) in [5.74, 6) is -0.815. The first-order valence-electron chi connectivity index (χ1n) is 6.49. The minimum absolute atomic E-state index is 0.0868. The van der Waals surface area contributed by atoms with Crippen LogP contribution in [0.2, 0.25) is 0 Å². The highest BCUT2D eigenvalue weighted by Crippen LogP contribution is 2.24. The topological polar surface area (TPSA) is 63.3 Å². The lowest BCUT2D eigenvalue weighted by Crippen LogP contribution is -1.97. The van der Waals surface area contributed by atoms with Crippen LogP contribution >= 0.6 is 0 Å². The minimum Gasteiger partial charge on any atom is -0.481 e. The van der Waals surface area contributed by atoms with E-state index in [9.17, 15) is 4.79 Å². The molecule has 0 radical (unpaired) electrons. The number of benzene rings is 2. The van der Waals surface area contributed by atoms with E-state index in [1.54, 1.807) is 0 Å². The molecule has 0 saturated carbocycles. The molecule has 3 N–H and O–H groups in total. The van der Waals surface area contributed by atoms with Crippen LogP contribution in [0.3, 0.4) is 0 Å². The number of hydrogen-bond donors (Lipinski definition) is 2. The average molecular weight is 267 g/mol. The molecule has 102 valence electrons. The Hall–Kier alpha value is -2.55. The van der Waals surface area contributed by atoms with Gasteiger partial charge in [0.25, 0.3) is 0 Å². The van der Waals surface area contributed by atoms with Crippen molar-refractivity contribution >= 4 is 11.5 Å². The molecular formula is C17H17NO2. The number of carbonyl (C=O) groups is 1. The van der Waals surface area contributed by atoms with E-state index in [0.717, 1.165) is 22.3 Å². The number of nitrogens with two attached hydrogens (primary N) is 1. The Balaban J connectivity index is 2.17. The van der Waals surface area contributed by atoms with Gasteiger partial charge < -0.3 is 10.8 Å². The standard InChI is InChI=1S/C17H17NO2/c18-12-16(10-11-17(19)20)15-8-6-14(7-9-15)13-4-2-1-3-5-13/h1-9,12H,10-11,18H2,(H,19,20). The van der Waals surface area contributed by atoms with E-state index in [4.69, 9.17) is 10.8 Å². The molecule has 0 bridgehead atoms. The third-order valence-corrected chi connectivity index (χ3v) is 3.17. The van der Waals surface area contributed by atoms with E-state index in [1.165, 1.54) is 6.20 Å². The summed E-state index contributed by atoms with van der Waals surface area (Å²) in [5.41, 5.74) is 9.69. The van der Waals surface area contributed by atoms with Gasteiger partial charge in [-0.2, -0.15) is 0 Å². The van der Waals surface area contributed by atoms with Gasteiger partial charge in [0.05, 0.1) is 0 Å². The van der Waals surface area contributed by atoms with E-state index < -0.39 is 5.97 Å². The normalized spacial score (nSPS) is 11.3. The van der Waals surface area contributed by atoms with E-state index in [1.807, 2.05) is 42.5 Å². The smallest absolute Gasteiger partial charge is 0.303 e. The van der Waals surface area contributed by atoms with Crippen molar-refractivity contribution in [1.82, 2.24) is 0 Å². The van der Waals surface area contributed by atoms with Crippen molar-refractivity contribution in [2.45, 2.75) is 12.8 Å². The molecule has 0 atom stereocenters. The summed E-state index contributed by atoms with van der Waals surface area (Å²) in [6, 6.07) is 18.1. The zero-order chi connectivity index (χ0) is 14.4. The molecule has 0 aromatic heterocycles. The van der Waals surface area contributed by atoms with Gasteiger partial charge in [-0.3, -0.25) is 4.79 Å². The van der Waals surface area contributed by atoms with Crippen LogP contribution in [-0.4, -0.2) is 11.1 Å². The molecule has 0 saturated heterocycles. The molecule has 2 rings (SSSR count). The van der Waals surface area contributed by atoms with Gasteiger partial charge in [0.1, 0.15) is 0 Å². The maximum atomic E-state index is 10.6. The quantitative estimate of drug-likeness (QED) is 0.871. The van der Waals surface area contributed by atoms with Crippen LogP contribution in [0.15, 0.2) is 60.8 Å². The predicted octanol–water partition coefficient (Wildman–Crippen LogP) is 3.52. The van der Waals surface area contributed by atoms with Crippen LogP contribution < -0.4 is 5.73 Å². The van der Waals surface area contributed by atoms with Gasteiger partial charge in [0.2, 0.25) is 0 Å². The number of allylic oxidation sites excluding steroid dienone is 1. The van der Waals surface area contributed by atoms with Crippen molar-refractivity contribution in [3.63, 3.8) is 0 Å². The molecule has 2 aromatic carbocycles. The third kappa shape index (κ3) is 3.48. The van der Waals surface area contributed by atoms with Crippen LogP contribution in [0.4, 0.5) is 0 Å². The summed E-state index contributed by atoms with van der Waals surface area (Å²) in [4.78, 5) is 10.6. The molecule has 0 spiro atoms. The SMILES string of the molecule is NC=C(CCC(=O)O)c1ccc(-c2ccccc2)cc1. The number of hydrogen-bond acceptors (Lipinski definition) is 2. The summed E-state index contributed by atoms with van der Waals surface area (Å²) >= 11 is 0. The van der Waals surface area contributed by atoms with Crippen LogP contribution in [0.1, 0.15) is 18.4 Å². The fraction of sp³-hybridized carbons (Fsp3) is 0.118. The van der Waals surface area contributed by atoms with Crippen LogP contribution in [0.5, 0.6) is 0 Å². The molecule has 0 heterocycles. The lowest BCUT2D eigenvalue weighted by Gasteiger charge is -2.07. The number of aliphatic carboxylic acids is 1. The molecule has 0 aliphatic rings. The monoisotopic (exact) mass is 267 g/mol. The highest BCUT2D eigenvalue weighted by Gasteiger charge is 2.05. The van der Waals surface area contributed by atoms with Gasteiger partial charge in [-0.1, -0.05) is 54.6 Å². The van der Waals surface area contributed by atoms with Gasteiger partial charge in [-0.25, -0.2) is 0 Å². The zero-order valence-electron chi connectivity index (χ0n) is 11.1. The molecule has 0 amide bonds. The van der Waals surface area contributed by atoms with Crippen molar-refractivity contribution in [3.8, 4) is 11.1 Å². The molecule has 3 nitrogen and oxygen atoms in total. The molecule has 2 aromatic rings. The number of carboxylic acids is 1. The first-order chi connectivity index (χ1) is 9.70. The molecule has 20 heavy (non-hydrogen) atoms. The predicted molar refractivity (Wildman–Crippen MR) is 80.9 cm³/mol. The Kier molecular flexibility index (Phi) is 4.56. The molecule has 0 unspecified atom stereocenters. The van der Waals surface area contributed by atoms with Gasteiger partial charge >= 0.3 is 5.97 Å². The molecule has 0 aliphatic carbocycles. The van der Waals surface area contributed by atoms with Crippen molar-refractivity contribution in [1.29, 1.82) is 0 Å². The molecule has 3 heteroatoms. The fourth-order valence-electron chi connectivity index (χ4n) is 2.07. The lowest BCUT2D eigenvalue weighted by atomic mass is 9.98.